The number of likely N-dealkylation sites (N-methyl/N-ethyl adjacent to an activating group) is 1. The zero-order valence-electron chi connectivity index (χ0n) is 10.9. The number of aromatic nitrogens is 2. The Morgan fingerprint density at radius 1 is 1.50 bits per heavy atom. The fourth-order valence-electron chi connectivity index (χ4n) is 2.15. The third kappa shape index (κ3) is 3.22. The number of thiophene rings is 1. The number of rotatable bonds is 5. The quantitative estimate of drug-likeness (QED) is 0.911. The molecule has 0 radical (unpaired) electrons. The van der Waals surface area contributed by atoms with E-state index in [1.165, 1.54) is 14.4 Å². The molecule has 5 heteroatoms. The van der Waals surface area contributed by atoms with Crippen LogP contribution in [0.1, 0.15) is 29.2 Å². The van der Waals surface area contributed by atoms with Crippen molar-refractivity contribution in [3.8, 4) is 0 Å². The summed E-state index contributed by atoms with van der Waals surface area (Å²) in [7, 11) is 2.01. The highest BCUT2D eigenvalue weighted by Crippen LogP contribution is 2.27. The molecule has 0 amide bonds. The van der Waals surface area contributed by atoms with Gasteiger partial charge in [-0.3, -0.25) is 4.68 Å². The van der Waals surface area contributed by atoms with E-state index >= 15 is 0 Å². The first kappa shape index (κ1) is 13.8. The summed E-state index contributed by atoms with van der Waals surface area (Å²) in [5.74, 6) is 0. The molecule has 0 aliphatic heterocycles. The van der Waals surface area contributed by atoms with Crippen LogP contribution in [0.2, 0.25) is 0 Å². The first-order valence-corrected chi connectivity index (χ1v) is 7.69. The topological polar surface area (TPSA) is 29.9 Å². The SMILES string of the molecule is CCNC(Cc1ccc(Br)s1)c1cc(C)nn1C. The van der Waals surface area contributed by atoms with Gasteiger partial charge in [-0.2, -0.15) is 5.10 Å². The van der Waals surface area contributed by atoms with Crippen LogP contribution in [0.4, 0.5) is 0 Å². The minimum atomic E-state index is 0.326. The van der Waals surface area contributed by atoms with E-state index in [1.54, 1.807) is 11.3 Å². The van der Waals surface area contributed by atoms with Gasteiger partial charge in [-0.15, -0.1) is 11.3 Å². The Balaban J connectivity index is 2.20. The van der Waals surface area contributed by atoms with Crippen molar-refractivity contribution in [1.82, 2.24) is 15.1 Å². The summed E-state index contributed by atoms with van der Waals surface area (Å²) in [6.07, 6.45) is 1.00. The van der Waals surface area contributed by atoms with Gasteiger partial charge in [-0.1, -0.05) is 6.92 Å². The van der Waals surface area contributed by atoms with Crippen LogP contribution in [0.15, 0.2) is 22.0 Å². The Morgan fingerprint density at radius 3 is 2.78 bits per heavy atom. The van der Waals surface area contributed by atoms with Gasteiger partial charge in [0, 0.05) is 18.3 Å². The van der Waals surface area contributed by atoms with E-state index < -0.39 is 0 Å². The molecule has 98 valence electrons. The summed E-state index contributed by atoms with van der Waals surface area (Å²) in [5.41, 5.74) is 2.32. The second-order valence-electron chi connectivity index (χ2n) is 4.35. The smallest absolute Gasteiger partial charge is 0.0701 e. The summed E-state index contributed by atoms with van der Waals surface area (Å²) in [6.45, 7) is 5.14. The highest BCUT2D eigenvalue weighted by Gasteiger charge is 2.16. The fourth-order valence-corrected chi connectivity index (χ4v) is 3.68. The predicted molar refractivity (Wildman–Crippen MR) is 80.1 cm³/mol. The average Bonchev–Trinajstić information content (AvgIpc) is 2.84. The summed E-state index contributed by atoms with van der Waals surface area (Å²) in [4.78, 5) is 1.38. The Labute approximate surface area is 120 Å². The van der Waals surface area contributed by atoms with Crippen LogP contribution < -0.4 is 5.32 Å². The highest BCUT2D eigenvalue weighted by atomic mass is 79.9. The number of nitrogens with one attached hydrogen (secondary N) is 1. The molecular weight excluding hydrogens is 310 g/mol. The summed E-state index contributed by atoms with van der Waals surface area (Å²) < 4.78 is 3.17. The minimum absolute atomic E-state index is 0.326. The molecule has 0 saturated heterocycles. The molecule has 0 fully saturated rings. The summed E-state index contributed by atoms with van der Waals surface area (Å²) >= 11 is 5.31. The van der Waals surface area contributed by atoms with E-state index in [9.17, 15) is 0 Å². The van der Waals surface area contributed by atoms with Crippen LogP contribution in [-0.2, 0) is 13.5 Å². The molecule has 0 bridgehead atoms. The Hall–Kier alpha value is -0.650. The van der Waals surface area contributed by atoms with Gasteiger partial charge < -0.3 is 5.32 Å². The third-order valence-corrected chi connectivity index (χ3v) is 4.53. The Kier molecular flexibility index (Phi) is 4.59. The van der Waals surface area contributed by atoms with Crippen LogP contribution >= 0.6 is 27.3 Å². The maximum atomic E-state index is 4.43. The molecule has 1 atom stereocenters. The first-order valence-electron chi connectivity index (χ1n) is 6.08. The first-order chi connectivity index (χ1) is 8.60. The van der Waals surface area contributed by atoms with E-state index in [0.717, 1.165) is 18.7 Å². The molecule has 1 unspecified atom stereocenters. The van der Waals surface area contributed by atoms with E-state index in [-0.39, 0.29) is 0 Å². The minimum Gasteiger partial charge on any atom is -0.309 e. The largest absolute Gasteiger partial charge is 0.309 e. The summed E-state index contributed by atoms with van der Waals surface area (Å²) in [5, 5.41) is 7.97. The summed E-state index contributed by atoms with van der Waals surface area (Å²) in [6, 6.07) is 6.78. The van der Waals surface area contributed by atoms with Crippen LogP contribution in [-0.4, -0.2) is 16.3 Å². The Morgan fingerprint density at radius 2 is 2.28 bits per heavy atom. The zero-order chi connectivity index (χ0) is 13.1. The van der Waals surface area contributed by atoms with Crippen molar-refractivity contribution >= 4 is 27.3 Å². The van der Waals surface area contributed by atoms with Gasteiger partial charge in [0.25, 0.3) is 0 Å². The molecule has 18 heavy (non-hydrogen) atoms. The molecule has 2 aromatic rings. The van der Waals surface area contributed by atoms with Gasteiger partial charge in [0.05, 0.1) is 21.2 Å². The Bertz CT molecular complexity index is 518. The van der Waals surface area contributed by atoms with Gasteiger partial charge in [0.15, 0.2) is 0 Å². The molecule has 0 saturated carbocycles. The third-order valence-electron chi connectivity index (χ3n) is 2.88. The second kappa shape index (κ2) is 5.99. The van der Waals surface area contributed by atoms with Gasteiger partial charge in [-0.05, 0) is 47.6 Å². The molecule has 0 aromatic carbocycles. The van der Waals surface area contributed by atoms with E-state index in [2.05, 4.69) is 51.5 Å². The molecule has 2 aromatic heterocycles. The van der Waals surface area contributed by atoms with Crippen molar-refractivity contribution in [3.63, 3.8) is 0 Å². The van der Waals surface area contributed by atoms with Crippen molar-refractivity contribution in [2.24, 2.45) is 7.05 Å². The molecule has 0 spiro atoms. The van der Waals surface area contributed by atoms with Crippen molar-refractivity contribution in [2.75, 3.05) is 6.54 Å². The maximum Gasteiger partial charge on any atom is 0.0701 e. The van der Waals surface area contributed by atoms with Gasteiger partial charge in [0.1, 0.15) is 0 Å². The van der Waals surface area contributed by atoms with Gasteiger partial charge >= 0.3 is 0 Å². The van der Waals surface area contributed by atoms with E-state index in [0.29, 0.717) is 6.04 Å². The standard InChI is InChI=1S/C13H18BrN3S/c1-4-15-11(8-10-5-6-13(14)18-10)12-7-9(2)16-17(12)3/h5-7,11,15H,4,8H2,1-3H3. The molecule has 2 rings (SSSR count). The fraction of sp³-hybridized carbons (Fsp3) is 0.462. The normalized spacial score (nSPS) is 12.9. The lowest BCUT2D eigenvalue weighted by Gasteiger charge is -2.17. The molecule has 0 aliphatic carbocycles. The number of aryl methyl sites for hydroxylation is 2. The van der Waals surface area contributed by atoms with Crippen molar-refractivity contribution < 1.29 is 0 Å². The van der Waals surface area contributed by atoms with Crippen LogP contribution in [0.25, 0.3) is 0 Å². The number of hydrogen-bond donors (Lipinski definition) is 1. The highest BCUT2D eigenvalue weighted by molar-refractivity contribution is 9.11. The van der Waals surface area contributed by atoms with Crippen LogP contribution in [0.3, 0.4) is 0 Å². The molecule has 1 N–H and O–H groups in total. The lowest BCUT2D eigenvalue weighted by atomic mass is 10.1. The molecule has 0 aliphatic rings. The van der Waals surface area contributed by atoms with Crippen molar-refractivity contribution in [2.45, 2.75) is 26.3 Å². The van der Waals surface area contributed by atoms with Crippen LogP contribution in [0.5, 0.6) is 0 Å². The van der Waals surface area contributed by atoms with E-state index in [4.69, 9.17) is 0 Å². The van der Waals surface area contributed by atoms with E-state index in [1.807, 2.05) is 18.7 Å². The van der Waals surface area contributed by atoms with Crippen LogP contribution in [0, 0.1) is 6.92 Å². The monoisotopic (exact) mass is 327 g/mol. The van der Waals surface area contributed by atoms with Crippen molar-refractivity contribution in [3.05, 3.63) is 38.3 Å². The number of halogens is 1. The number of nitrogens with zero attached hydrogens (tertiary/aromatic N) is 2. The molecule has 3 nitrogen and oxygen atoms in total. The maximum absolute atomic E-state index is 4.43. The predicted octanol–water partition coefficient (Wildman–Crippen LogP) is 3.45. The second-order valence-corrected chi connectivity index (χ2v) is 6.90. The number of hydrogen-bond acceptors (Lipinski definition) is 3. The lowest BCUT2D eigenvalue weighted by Crippen LogP contribution is -2.24. The average molecular weight is 328 g/mol. The van der Waals surface area contributed by atoms with Gasteiger partial charge in [0.2, 0.25) is 0 Å². The molecular formula is C13H18BrN3S. The zero-order valence-corrected chi connectivity index (χ0v) is 13.3. The molecule has 2 heterocycles. The lowest BCUT2D eigenvalue weighted by molar-refractivity contribution is 0.510. The van der Waals surface area contributed by atoms with Gasteiger partial charge in [-0.25, -0.2) is 0 Å². The van der Waals surface area contributed by atoms with Crippen molar-refractivity contribution in [1.29, 1.82) is 0 Å².